The Labute approximate surface area is 490 Å². The third-order valence-corrected chi connectivity index (χ3v) is 18.6. The number of ether oxygens (including phenoxy) is 5. The predicted octanol–water partition coefficient (Wildman–Crippen LogP) is 3.13. The number of aliphatic carboxylic acids is 1. The SMILES string of the molecule is C[C@]12C=CC(=O)C=C1CC[C@@H]1[C@@H]2[C@@H](O)C[C@@]2(C)[C@H]1C[C@H]1O[C@@H](c3ccc(CC4(NC(=O)OCc5ccc(O[C@@H]6O[C@H](C(=O)O)[C@@H](O)[C@H](O)[C@H]6O)c(NC(=O)CCNC(=O)Cc6ccc(-c7nncnn7)cc6)c5)CC(F)(F)C4)cc3)O[C@]12C(=O)CO. The summed E-state index contributed by atoms with van der Waals surface area (Å²) in [5, 5.41) is 86.5. The van der Waals surface area contributed by atoms with E-state index in [9.17, 15) is 68.2 Å². The van der Waals surface area contributed by atoms with Gasteiger partial charge in [-0.1, -0.05) is 80.1 Å². The fraction of sp³-hybridized carbons (Fsp3) is 0.500. The molecule has 3 heterocycles. The quantitative estimate of drug-likeness (QED) is 0.0691. The van der Waals surface area contributed by atoms with Crippen molar-refractivity contribution < 1.29 is 91.9 Å². The molecule has 3 aromatic carbocycles. The average Bonchev–Trinajstić information content (AvgIpc) is 1.54. The number of aromatic nitrogens is 4. The summed E-state index contributed by atoms with van der Waals surface area (Å²) in [7, 11) is 0. The summed E-state index contributed by atoms with van der Waals surface area (Å²) < 4.78 is 59.5. The van der Waals surface area contributed by atoms with E-state index in [2.05, 4.69) is 43.3 Å². The molecule has 26 heteroatoms. The van der Waals surface area contributed by atoms with Crippen molar-refractivity contribution in [3.8, 4) is 17.1 Å². The summed E-state index contributed by atoms with van der Waals surface area (Å²) in [4.78, 5) is 78.1. The molecule has 6 fully saturated rings. The minimum atomic E-state index is -3.12. The van der Waals surface area contributed by atoms with Gasteiger partial charge in [-0.25, -0.2) is 18.4 Å². The zero-order valence-corrected chi connectivity index (χ0v) is 46.7. The largest absolute Gasteiger partial charge is 0.479 e. The van der Waals surface area contributed by atoms with Crippen LogP contribution in [0.4, 0.5) is 19.3 Å². The molecule has 2 saturated heterocycles. The van der Waals surface area contributed by atoms with E-state index in [4.69, 9.17) is 23.7 Å². The van der Waals surface area contributed by atoms with E-state index >= 15 is 0 Å². The Morgan fingerprint density at radius 3 is 2.27 bits per heavy atom. The molecule has 4 saturated carbocycles. The molecule has 0 unspecified atom stereocenters. The molecule has 3 amide bonds. The van der Waals surface area contributed by atoms with Crippen LogP contribution in [0.15, 0.2) is 96.9 Å². The first-order chi connectivity index (χ1) is 40.9. The Kier molecular flexibility index (Phi) is 16.3. The molecular weight excluding hydrogens is 1130 g/mol. The van der Waals surface area contributed by atoms with E-state index in [1.54, 1.807) is 60.7 Å². The van der Waals surface area contributed by atoms with Crippen molar-refractivity contribution in [2.75, 3.05) is 18.5 Å². The Morgan fingerprint density at radius 2 is 1.57 bits per heavy atom. The molecule has 5 aliphatic carbocycles. The third-order valence-electron chi connectivity index (χ3n) is 18.6. The Morgan fingerprint density at radius 1 is 0.860 bits per heavy atom. The van der Waals surface area contributed by atoms with E-state index < -0.39 is 133 Å². The molecular formula is C60H65F2N7O17. The van der Waals surface area contributed by atoms with Crippen LogP contribution in [0.5, 0.6) is 5.75 Å². The van der Waals surface area contributed by atoms with Crippen LogP contribution in [0.1, 0.15) is 87.3 Å². The lowest BCUT2D eigenvalue weighted by molar-refractivity contribution is -0.271. The lowest BCUT2D eigenvalue weighted by Crippen LogP contribution is -2.63. The molecule has 4 aromatic rings. The van der Waals surface area contributed by atoms with E-state index in [0.29, 0.717) is 47.3 Å². The number of ketones is 2. The van der Waals surface area contributed by atoms with E-state index in [1.165, 1.54) is 24.5 Å². The van der Waals surface area contributed by atoms with Crippen LogP contribution >= 0.6 is 0 Å². The van der Waals surface area contributed by atoms with Gasteiger partial charge in [0, 0.05) is 53.7 Å². The van der Waals surface area contributed by atoms with Crippen LogP contribution < -0.4 is 20.7 Å². The number of aliphatic hydroxyl groups is 5. The number of aliphatic hydroxyl groups excluding tert-OH is 5. The second-order valence-corrected chi connectivity index (χ2v) is 24.0. The summed E-state index contributed by atoms with van der Waals surface area (Å²) in [6, 6.07) is 17.4. The Bertz CT molecular complexity index is 3350. The minimum Gasteiger partial charge on any atom is -0.479 e. The van der Waals surface area contributed by atoms with Crippen molar-refractivity contribution in [3.05, 3.63) is 119 Å². The molecule has 11 rings (SSSR count). The summed E-state index contributed by atoms with van der Waals surface area (Å²) in [5.74, 6) is -6.83. The van der Waals surface area contributed by atoms with Crippen molar-refractivity contribution in [3.63, 3.8) is 0 Å². The lowest BCUT2D eigenvalue weighted by Gasteiger charge is -2.59. The molecule has 0 radical (unpaired) electrons. The fourth-order valence-electron chi connectivity index (χ4n) is 14.6. The molecule has 14 atom stereocenters. The van der Waals surface area contributed by atoms with E-state index in [-0.39, 0.29) is 72.8 Å². The topological polar surface area (TPSA) is 358 Å². The number of fused-ring (bicyclic) bond motifs is 7. The standard InChI is InChI=1S/C60H65F2N7O17/c1-56-17-15-36(71)21-35(56)12-13-37-38-22-43-60(42(73)25-70,57(38,2)24-40(72)46(37)56)86-53(84-43)34-10-5-31(6-11-34)23-58(27-59(61,62)28-58)67-55(81)82-26-32-7-14-41(83-54-49(78)47(76)48(77)50(85-54)52(79)80)39(19-32)66-44(74)16-18-63-45(75)20-30-3-8-33(9-4-30)51-68-64-29-65-69-51/h3-11,14-15,17,19,21,29,37-38,40,43,46-50,53-54,70,72,76-78H,12-13,16,18,20,22-28H2,1-2H3,(H,63,75)(H,66,74)(H,67,81)(H,79,80)/t37-,38-,40-,43+,46+,47-,48-,49+,50-,53+,54+,56-,57-,60+/m0/s1. The molecule has 24 nitrogen and oxygen atoms in total. The van der Waals surface area contributed by atoms with Gasteiger partial charge >= 0.3 is 12.1 Å². The number of anilines is 1. The second-order valence-electron chi connectivity index (χ2n) is 24.0. The van der Waals surface area contributed by atoms with Gasteiger partial charge in [0.25, 0.3) is 5.92 Å². The molecule has 456 valence electrons. The average molecular weight is 1190 g/mol. The molecule has 0 bridgehead atoms. The number of Topliss-reactive ketones (excluding diaryl/α,β-unsaturated/α-hetero) is 1. The monoisotopic (exact) mass is 1190 g/mol. The summed E-state index contributed by atoms with van der Waals surface area (Å²) in [5.41, 5.74) is -1.14. The van der Waals surface area contributed by atoms with Crippen molar-refractivity contribution >= 4 is 41.1 Å². The number of carboxylic acid groups (broad SMARTS) is 1. The van der Waals surface area contributed by atoms with E-state index in [0.717, 1.165) is 5.57 Å². The fourth-order valence-corrected chi connectivity index (χ4v) is 14.6. The number of rotatable bonds is 18. The zero-order chi connectivity index (χ0) is 61.1. The number of carbonyl (C=O) groups excluding carboxylic acids is 5. The number of alkyl carbamates (subject to hydrolysis) is 1. The first-order valence-electron chi connectivity index (χ1n) is 28.3. The maximum absolute atomic E-state index is 14.8. The van der Waals surface area contributed by atoms with Crippen molar-refractivity contribution in [1.82, 2.24) is 31.0 Å². The first kappa shape index (κ1) is 60.1. The van der Waals surface area contributed by atoms with Crippen molar-refractivity contribution in [2.45, 2.75) is 145 Å². The number of alkyl halides is 2. The van der Waals surface area contributed by atoms with Gasteiger partial charge in [0.05, 0.1) is 29.9 Å². The Balaban J connectivity index is 0.733. The number of amides is 3. The highest BCUT2D eigenvalue weighted by atomic mass is 19.3. The smallest absolute Gasteiger partial charge is 0.407 e. The van der Waals surface area contributed by atoms with Gasteiger partial charge < -0.3 is 70.3 Å². The summed E-state index contributed by atoms with van der Waals surface area (Å²) in [6.07, 6.45) is -7.22. The molecule has 0 spiro atoms. The highest BCUT2D eigenvalue weighted by Gasteiger charge is 2.76. The van der Waals surface area contributed by atoms with Gasteiger partial charge in [0.1, 0.15) is 37.3 Å². The maximum atomic E-state index is 14.8. The van der Waals surface area contributed by atoms with Gasteiger partial charge in [0.2, 0.25) is 23.9 Å². The number of carbonyl (C=O) groups is 6. The van der Waals surface area contributed by atoms with Crippen LogP contribution in [0.25, 0.3) is 11.4 Å². The second kappa shape index (κ2) is 23.3. The van der Waals surface area contributed by atoms with Crippen molar-refractivity contribution in [1.29, 1.82) is 0 Å². The molecule has 86 heavy (non-hydrogen) atoms. The minimum absolute atomic E-state index is 0.0362. The van der Waals surface area contributed by atoms with Crippen LogP contribution in [-0.4, -0.2) is 160 Å². The lowest BCUT2D eigenvalue weighted by atomic mass is 9.46. The number of nitrogens with zero attached hydrogens (tertiary/aromatic N) is 4. The zero-order valence-electron chi connectivity index (χ0n) is 46.7. The Hall–Kier alpha value is -7.56. The number of hydrogen-bond donors (Lipinski definition) is 9. The van der Waals surface area contributed by atoms with Crippen molar-refractivity contribution in [2.24, 2.45) is 28.6 Å². The number of nitrogens with one attached hydrogen (secondary N) is 3. The molecule has 9 N–H and O–H groups in total. The van der Waals surface area contributed by atoms with Crippen LogP contribution in [0.3, 0.4) is 0 Å². The van der Waals surface area contributed by atoms with Gasteiger partial charge in [0.15, 0.2) is 35.9 Å². The predicted molar refractivity (Wildman–Crippen MR) is 292 cm³/mol. The molecule has 1 aromatic heterocycles. The maximum Gasteiger partial charge on any atom is 0.407 e. The number of carboxylic acids is 1. The summed E-state index contributed by atoms with van der Waals surface area (Å²) in [6.45, 7) is 2.54. The van der Waals surface area contributed by atoms with Crippen LogP contribution in [0.2, 0.25) is 0 Å². The number of hydrogen-bond acceptors (Lipinski definition) is 20. The van der Waals surface area contributed by atoms with Gasteiger partial charge in [-0.3, -0.25) is 19.2 Å². The molecule has 2 aliphatic heterocycles. The van der Waals surface area contributed by atoms with Gasteiger partial charge in [-0.05, 0) is 84.9 Å². The normalized spacial score (nSPS) is 32.6. The van der Waals surface area contributed by atoms with E-state index in [1.807, 2.05) is 13.0 Å². The number of halogens is 2. The third kappa shape index (κ3) is 11.3. The highest BCUT2D eigenvalue weighted by Crippen LogP contribution is 2.70. The first-order valence-corrected chi connectivity index (χ1v) is 28.3. The van der Waals surface area contributed by atoms with Gasteiger partial charge in [-0.2, -0.15) is 0 Å². The number of benzene rings is 3. The van der Waals surface area contributed by atoms with Gasteiger partial charge in [-0.15, -0.1) is 20.4 Å². The summed E-state index contributed by atoms with van der Waals surface area (Å²) >= 11 is 0. The highest BCUT2D eigenvalue weighted by molar-refractivity contribution is 6.01. The van der Waals surface area contributed by atoms with Crippen LogP contribution in [0, 0.1) is 28.6 Å². The number of allylic oxidation sites excluding steroid dienone is 4. The molecule has 7 aliphatic rings. The van der Waals surface area contributed by atoms with Crippen LogP contribution in [-0.2, 0) is 62.4 Å².